The van der Waals surface area contributed by atoms with Gasteiger partial charge in [-0.1, -0.05) is 243 Å². The summed E-state index contributed by atoms with van der Waals surface area (Å²) in [5, 5.41) is 0. The van der Waals surface area contributed by atoms with Crippen LogP contribution in [0.5, 0.6) is 0 Å². The molecule has 9 heteroatoms. The molecule has 0 aliphatic heterocycles. The molecule has 0 saturated heterocycles. The minimum absolute atomic E-state index is 0.0268. The fraction of sp³-hybridized carbons (Fsp3) is 0.877. The van der Waals surface area contributed by atoms with Crippen molar-refractivity contribution in [2.24, 2.45) is 0 Å². The number of unbranched alkanes of at least 4 members (excludes halogenated alkanes) is 33. The van der Waals surface area contributed by atoms with E-state index in [1.165, 1.54) is 199 Å². The van der Waals surface area contributed by atoms with E-state index in [0.717, 1.165) is 44.9 Å². The molecule has 0 spiro atoms. The highest BCUT2D eigenvalue weighted by Crippen LogP contribution is 2.38. The van der Waals surface area contributed by atoms with E-state index in [2.05, 4.69) is 50.3 Å². The predicted octanol–water partition coefficient (Wildman–Crippen LogP) is 17.0. The Morgan fingerprint density at radius 1 is 0.470 bits per heavy atom. The van der Waals surface area contributed by atoms with Crippen LogP contribution in [0.4, 0.5) is 0 Å². The van der Waals surface area contributed by atoms with Gasteiger partial charge in [-0.15, -0.1) is 0 Å². The zero-order valence-electron chi connectivity index (χ0n) is 44.4. The molecule has 2 atom stereocenters. The van der Waals surface area contributed by atoms with Crippen LogP contribution in [0.15, 0.2) is 36.5 Å². The molecule has 8 nitrogen and oxygen atoms in total. The van der Waals surface area contributed by atoms with E-state index in [1.807, 2.05) is 21.1 Å². The van der Waals surface area contributed by atoms with Crippen molar-refractivity contribution in [2.45, 2.75) is 270 Å². The number of esters is 1. The van der Waals surface area contributed by atoms with E-state index in [9.17, 15) is 14.3 Å². The molecule has 0 aliphatic rings. The maximum absolute atomic E-state index is 12.8. The number of quaternary nitrogens is 1. The second-order valence-electron chi connectivity index (χ2n) is 20.3. The standard InChI is InChI=1S/C57H110NO7P/c1-6-8-10-12-14-16-18-20-22-24-26-27-28-29-30-31-32-34-36-38-40-42-44-46-48-50-57(59)65-56(55-64-66(60,61)63-53-51-58(3,4)5)54-62-52-49-47-45-43-41-39-37-35-33-25-23-21-19-17-15-13-11-9-7-2/h18,20,24,26,28-29,56H,6-17,19,21-23,25,27,30-55H2,1-5H3/b20-18-,26-24-,29-28-. The van der Waals surface area contributed by atoms with Gasteiger partial charge in [0, 0.05) is 13.0 Å². The molecule has 0 heterocycles. The number of ether oxygens (including phenoxy) is 2. The SMILES string of the molecule is CCCCCCC/C=C\C/C=C\C/C=C\CCCCCCCCCCCCC(=O)OC(COCCCCCCCCCCCCCCCCCCCCC)COP(=O)([O-])OCC[N+](C)(C)C. The summed E-state index contributed by atoms with van der Waals surface area (Å²) in [5.74, 6) is -0.333. The highest BCUT2D eigenvalue weighted by molar-refractivity contribution is 7.45. The average Bonchev–Trinajstić information content (AvgIpc) is 3.28. The van der Waals surface area contributed by atoms with Crippen LogP contribution < -0.4 is 4.89 Å². The maximum atomic E-state index is 12.8. The van der Waals surface area contributed by atoms with E-state index >= 15 is 0 Å². The first-order valence-electron chi connectivity index (χ1n) is 28.2. The summed E-state index contributed by atoms with van der Waals surface area (Å²) in [6.45, 7) is 5.45. The Labute approximate surface area is 410 Å². The lowest BCUT2D eigenvalue weighted by molar-refractivity contribution is -0.870. The Morgan fingerprint density at radius 3 is 1.24 bits per heavy atom. The van der Waals surface area contributed by atoms with Gasteiger partial charge in [-0.25, -0.2) is 0 Å². The van der Waals surface area contributed by atoms with Crippen molar-refractivity contribution in [1.29, 1.82) is 0 Å². The molecule has 0 aromatic carbocycles. The van der Waals surface area contributed by atoms with Gasteiger partial charge in [0.1, 0.15) is 19.3 Å². The lowest BCUT2D eigenvalue weighted by Crippen LogP contribution is -2.37. The lowest BCUT2D eigenvalue weighted by Gasteiger charge is -2.28. The van der Waals surface area contributed by atoms with Crippen LogP contribution in [0.25, 0.3) is 0 Å². The predicted molar refractivity (Wildman–Crippen MR) is 282 cm³/mol. The number of nitrogens with zero attached hydrogens (tertiary/aromatic N) is 1. The molecule has 0 radical (unpaired) electrons. The Hall–Kier alpha value is -1.28. The van der Waals surface area contributed by atoms with Crippen LogP contribution in [0, 0.1) is 0 Å². The fourth-order valence-corrected chi connectivity index (χ4v) is 8.81. The third-order valence-electron chi connectivity index (χ3n) is 12.4. The summed E-state index contributed by atoms with van der Waals surface area (Å²) in [6, 6.07) is 0. The number of allylic oxidation sites excluding steroid dienone is 6. The minimum atomic E-state index is -4.53. The molecule has 0 aromatic rings. The van der Waals surface area contributed by atoms with Crippen LogP contribution in [0.1, 0.15) is 264 Å². The van der Waals surface area contributed by atoms with Crippen LogP contribution in [-0.4, -0.2) is 70.7 Å². The van der Waals surface area contributed by atoms with Gasteiger partial charge < -0.3 is 27.9 Å². The summed E-state index contributed by atoms with van der Waals surface area (Å²) in [7, 11) is 1.36. The van der Waals surface area contributed by atoms with Gasteiger partial charge in [0.25, 0.3) is 7.82 Å². The summed E-state index contributed by atoms with van der Waals surface area (Å²) in [4.78, 5) is 25.2. The van der Waals surface area contributed by atoms with Gasteiger partial charge in [-0.2, -0.15) is 0 Å². The van der Waals surface area contributed by atoms with E-state index in [0.29, 0.717) is 24.1 Å². The second kappa shape index (κ2) is 50.1. The number of phosphoric ester groups is 1. The van der Waals surface area contributed by atoms with Crippen LogP contribution in [0.3, 0.4) is 0 Å². The Bertz CT molecular complexity index is 1150. The van der Waals surface area contributed by atoms with Crippen molar-refractivity contribution in [3.05, 3.63) is 36.5 Å². The zero-order chi connectivity index (χ0) is 48.3. The van der Waals surface area contributed by atoms with E-state index in [1.54, 1.807) is 0 Å². The molecule has 0 N–H and O–H groups in total. The number of hydrogen-bond acceptors (Lipinski definition) is 7. The van der Waals surface area contributed by atoms with Crippen molar-refractivity contribution < 1.29 is 37.3 Å². The normalized spacial score (nSPS) is 13.7. The monoisotopic (exact) mass is 952 g/mol. The number of rotatable bonds is 53. The summed E-state index contributed by atoms with van der Waals surface area (Å²) < 4.78 is 34.8. The second-order valence-corrected chi connectivity index (χ2v) is 21.7. The van der Waals surface area contributed by atoms with Gasteiger partial charge in [-0.3, -0.25) is 9.36 Å². The van der Waals surface area contributed by atoms with Gasteiger partial charge in [-0.05, 0) is 51.4 Å². The van der Waals surface area contributed by atoms with Crippen molar-refractivity contribution in [3.8, 4) is 0 Å². The molecule has 0 fully saturated rings. The average molecular weight is 952 g/mol. The number of phosphoric acid groups is 1. The summed E-state index contributed by atoms with van der Waals surface area (Å²) >= 11 is 0. The molecule has 2 unspecified atom stereocenters. The Kier molecular flexibility index (Phi) is 49.1. The number of hydrogen-bond donors (Lipinski definition) is 0. The largest absolute Gasteiger partial charge is 0.756 e. The molecule has 0 rings (SSSR count). The molecule has 0 bridgehead atoms. The molecule has 390 valence electrons. The molecule has 0 aromatic heterocycles. The molecular weight excluding hydrogens is 842 g/mol. The number of carbonyl (C=O) groups is 1. The Morgan fingerprint density at radius 2 is 0.833 bits per heavy atom. The van der Waals surface area contributed by atoms with Crippen molar-refractivity contribution in [2.75, 3.05) is 54.1 Å². The van der Waals surface area contributed by atoms with Crippen molar-refractivity contribution in [3.63, 3.8) is 0 Å². The first-order valence-corrected chi connectivity index (χ1v) is 29.7. The molecule has 0 amide bonds. The summed E-state index contributed by atoms with van der Waals surface area (Å²) in [6.07, 6.45) is 61.7. The van der Waals surface area contributed by atoms with Crippen LogP contribution in [0.2, 0.25) is 0 Å². The van der Waals surface area contributed by atoms with E-state index < -0.39 is 13.9 Å². The van der Waals surface area contributed by atoms with Gasteiger partial charge in [0.05, 0.1) is 34.4 Å². The minimum Gasteiger partial charge on any atom is -0.756 e. The smallest absolute Gasteiger partial charge is 0.306 e. The van der Waals surface area contributed by atoms with E-state index in [-0.39, 0.29) is 25.8 Å². The lowest BCUT2D eigenvalue weighted by atomic mass is 10.0. The molecule has 66 heavy (non-hydrogen) atoms. The van der Waals surface area contributed by atoms with Crippen molar-refractivity contribution >= 4 is 13.8 Å². The highest BCUT2D eigenvalue weighted by Gasteiger charge is 2.20. The van der Waals surface area contributed by atoms with Crippen LogP contribution in [-0.2, 0) is 27.9 Å². The molecule has 0 saturated carbocycles. The fourth-order valence-electron chi connectivity index (χ4n) is 8.09. The van der Waals surface area contributed by atoms with Gasteiger partial charge in [0.15, 0.2) is 0 Å². The van der Waals surface area contributed by atoms with Crippen LogP contribution >= 0.6 is 7.82 Å². The maximum Gasteiger partial charge on any atom is 0.306 e. The van der Waals surface area contributed by atoms with Gasteiger partial charge >= 0.3 is 5.97 Å². The zero-order valence-corrected chi connectivity index (χ0v) is 45.3. The number of likely N-dealkylation sites (N-methyl/N-ethyl adjacent to an activating group) is 1. The molecular formula is C57H110NO7P. The first kappa shape index (κ1) is 64.7. The summed E-state index contributed by atoms with van der Waals surface area (Å²) in [5.41, 5.74) is 0. The van der Waals surface area contributed by atoms with Gasteiger partial charge in [0.2, 0.25) is 0 Å². The first-order chi connectivity index (χ1) is 32.1. The van der Waals surface area contributed by atoms with E-state index in [4.69, 9.17) is 18.5 Å². The Balaban J connectivity index is 4.08. The topological polar surface area (TPSA) is 94.1 Å². The third kappa shape index (κ3) is 53.7. The third-order valence-corrected chi connectivity index (χ3v) is 13.4. The quantitative estimate of drug-likeness (QED) is 0.0197. The van der Waals surface area contributed by atoms with Crippen molar-refractivity contribution in [1.82, 2.24) is 0 Å². The highest BCUT2D eigenvalue weighted by atomic mass is 31.2. The number of carbonyl (C=O) groups excluding carboxylic acids is 1. The molecule has 0 aliphatic carbocycles.